The molecule has 0 saturated heterocycles. The molecule has 0 aliphatic heterocycles. The van der Waals surface area contributed by atoms with E-state index in [1.807, 2.05) is 0 Å². The monoisotopic (exact) mass is 226 g/mol. The van der Waals surface area contributed by atoms with Gasteiger partial charge in [0.15, 0.2) is 0 Å². The predicted molar refractivity (Wildman–Crippen MR) is 59.9 cm³/mol. The van der Waals surface area contributed by atoms with Gasteiger partial charge in [-0.05, 0) is 12.8 Å². The van der Waals surface area contributed by atoms with Crippen LogP contribution in [0.5, 0.6) is 0 Å². The summed E-state index contributed by atoms with van der Waals surface area (Å²) in [4.78, 5) is 33.2. The summed E-state index contributed by atoms with van der Waals surface area (Å²) in [5.41, 5.74) is 0. The quantitative estimate of drug-likeness (QED) is 0.260. The number of allylic oxidation sites excluding steroid dienone is 1. The fourth-order valence-corrected chi connectivity index (χ4v) is 1.17. The smallest absolute Gasteiger partial charge is 0.313 e. The second-order valence-electron chi connectivity index (χ2n) is 3.51. The first-order valence-corrected chi connectivity index (χ1v) is 5.31. The maximum Gasteiger partial charge on any atom is 0.313 e. The van der Waals surface area contributed by atoms with Crippen LogP contribution in [0.15, 0.2) is 12.7 Å². The van der Waals surface area contributed by atoms with E-state index < -0.39 is 5.97 Å². The van der Waals surface area contributed by atoms with Crippen LogP contribution >= 0.6 is 0 Å². The number of Topliss-reactive ketones (excluding diaryl/α,β-unsaturated/α-hetero) is 2. The molecule has 0 radical (unpaired) electrons. The molecule has 0 aliphatic rings. The highest BCUT2D eigenvalue weighted by molar-refractivity contribution is 5.97. The molecule has 16 heavy (non-hydrogen) atoms. The minimum absolute atomic E-state index is 0.0556. The number of esters is 1. The first-order valence-electron chi connectivity index (χ1n) is 5.31. The van der Waals surface area contributed by atoms with Crippen LogP contribution in [0.2, 0.25) is 0 Å². The van der Waals surface area contributed by atoms with E-state index in [0.717, 1.165) is 12.8 Å². The van der Waals surface area contributed by atoms with Crippen molar-refractivity contribution in [2.24, 2.45) is 0 Å². The van der Waals surface area contributed by atoms with Crippen molar-refractivity contribution < 1.29 is 19.1 Å². The highest BCUT2D eigenvalue weighted by Gasteiger charge is 2.11. The lowest BCUT2D eigenvalue weighted by Crippen LogP contribution is -2.10. The number of rotatable bonds is 9. The summed E-state index contributed by atoms with van der Waals surface area (Å²) >= 11 is 0. The zero-order valence-corrected chi connectivity index (χ0v) is 9.66. The van der Waals surface area contributed by atoms with E-state index in [2.05, 4.69) is 11.3 Å². The first kappa shape index (κ1) is 14.6. The van der Waals surface area contributed by atoms with Gasteiger partial charge in [-0.2, -0.15) is 0 Å². The van der Waals surface area contributed by atoms with Gasteiger partial charge in [-0.25, -0.2) is 0 Å². The molecule has 0 atom stereocenters. The average Bonchev–Trinajstić information content (AvgIpc) is 2.26. The van der Waals surface area contributed by atoms with Crippen molar-refractivity contribution >= 4 is 17.5 Å². The largest absolute Gasteiger partial charge is 0.469 e. The minimum Gasteiger partial charge on any atom is -0.469 e. The van der Waals surface area contributed by atoms with E-state index >= 15 is 0 Å². The fraction of sp³-hybridized carbons (Fsp3) is 0.583. The summed E-state index contributed by atoms with van der Waals surface area (Å²) in [6.45, 7) is 3.56. The van der Waals surface area contributed by atoms with E-state index in [4.69, 9.17) is 0 Å². The molecule has 0 bridgehead atoms. The van der Waals surface area contributed by atoms with Gasteiger partial charge in [0.1, 0.15) is 18.0 Å². The Kier molecular flexibility index (Phi) is 8.03. The fourth-order valence-electron chi connectivity index (χ4n) is 1.17. The predicted octanol–water partition coefficient (Wildman–Crippen LogP) is 1.82. The molecular formula is C12H18O4. The molecule has 90 valence electrons. The molecule has 0 unspecified atom stereocenters. The Hall–Kier alpha value is -1.45. The Bertz CT molecular complexity index is 268. The van der Waals surface area contributed by atoms with Gasteiger partial charge in [0.05, 0.1) is 7.11 Å². The highest BCUT2D eigenvalue weighted by Crippen LogP contribution is 2.04. The van der Waals surface area contributed by atoms with Crippen LogP contribution in [0.4, 0.5) is 0 Å². The van der Waals surface area contributed by atoms with Gasteiger partial charge in [-0.15, -0.1) is 6.58 Å². The summed E-state index contributed by atoms with van der Waals surface area (Å²) in [5, 5.41) is 0. The Labute approximate surface area is 95.7 Å². The number of ketones is 2. The number of hydrogen-bond acceptors (Lipinski definition) is 4. The topological polar surface area (TPSA) is 60.4 Å². The SMILES string of the molecule is C=CCCCC(=O)CCC(=O)CC(=O)OC. The van der Waals surface area contributed by atoms with Crippen molar-refractivity contribution in [3.05, 3.63) is 12.7 Å². The summed E-state index contributed by atoms with van der Waals surface area (Å²) in [7, 11) is 1.23. The van der Waals surface area contributed by atoms with Gasteiger partial charge in [-0.3, -0.25) is 14.4 Å². The van der Waals surface area contributed by atoms with Crippen LogP contribution in [0.3, 0.4) is 0 Å². The highest BCUT2D eigenvalue weighted by atomic mass is 16.5. The van der Waals surface area contributed by atoms with Crippen molar-refractivity contribution in [3.63, 3.8) is 0 Å². The second-order valence-corrected chi connectivity index (χ2v) is 3.51. The number of methoxy groups -OCH3 is 1. The number of carbonyl (C=O) groups excluding carboxylic acids is 3. The average molecular weight is 226 g/mol. The lowest BCUT2D eigenvalue weighted by molar-refractivity contribution is -0.143. The van der Waals surface area contributed by atoms with Gasteiger partial charge >= 0.3 is 5.97 Å². The maximum atomic E-state index is 11.3. The maximum absolute atomic E-state index is 11.3. The summed E-state index contributed by atoms with van der Waals surface area (Å²) < 4.78 is 4.35. The summed E-state index contributed by atoms with van der Waals surface area (Å²) in [6.07, 6.45) is 3.91. The lowest BCUT2D eigenvalue weighted by Gasteiger charge is -2.00. The van der Waals surface area contributed by atoms with Crippen LogP contribution in [0, 0.1) is 0 Å². The van der Waals surface area contributed by atoms with Crippen LogP contribution in [0.25, 0.3) is 0 Å². The molecule has 0 aromatic carbocycles. The Morgan fingerprint density at radius 2 is 1.75 bits per heavy atom. The van der Waals surface area contributed by atoms with Crippen molar-refractivity contribution in [1.29, 1.82) is 0 Å². The molecule has 0 aromatic rings. The Morgan fingerprint density at radius 1 is 1.12 bits per heavy atom. The van der Waals surface area contributed by atoms with Crippen molar-refractivity contribution in [3.8, 4) is 0 Å². The van der Waals surface area contributed by atoms with E-state index in [-0.39, 0.29) is 30.8 Å². The van der Waals surface area contributed by atoms with Crippen LogP contribution in [-0.4, -0.2) is 24.6 Å². The van der Waals surface area contributed by atoms with Gasteiger partial charge in [0.2, 0.25) is 0 Å². The Morgan fingerprint density at radius 3 is 2.31 bits per heavy atom. The van der Waals surface area contributed by atoms with E-state index in [1.165, 1.54) is 7.11 Å². The van der Waals surface area contributed by atoms with Crippen LogP contribution < -0.4 is 0 Å². The molecule has 4 nitrogen and oxygen atoms in total. The van der Waals surface area contributed by atoms with Crippen molar-refractivity contribution in [2.75, 3.05) is 7.11 Å². The molecule has 4 heteroatoms. The lowest BCUT2D eigenvalue weighted by atomic mass is 10.1. The number of hydrogen-bond donors (Lipinski definition) is 0. The normalized spacial score (nSPS) is 9.56. The number of unbranched alkanes of at least 4 members (excludes halogenated alkanes) is 1. The molecule has 0 N–H and O–H groups in total. The third kappa shape index (κ3) is 7.91. The third-order valence-corrected chi connectivity index (χ3v) is 2.12. The summed E-state index contributed by atoms with van der Waals surface area (Å²) in [5.74, 6) is -0.743. The van der Waals surface area contributed by atoms with Crippen molar-refractivity contribution in [2.45, 2.75) is 38.5 Å². The zero-order valence-electron chi connectivity index (χ0n) is 9.66. The van der Waals surface area contributed by atoms with E-state index in [0.29, 0.717) is 6.42 Å². The molecule has 0 rings (SSSR count). The van der Waals surface area contributed by atoms with E-state index in [1.54, 1.807) is 6.08 Å². The van der Waals surface area contributed by atoms with Crippen LogP contribution in [0.1, 0.15) is 38.5 Å². The molecule has 0 saturated carbocycles. The van der Waals surface area contributed by atoms with Gasteiger partial charge < -0.3 is 4.74 Å². The Balaban J connectivity index is 3.62. The standard InChI is InChI=1S/C12H18O4/c1-3-4-5-6-10(13)7-8-11(14)9-12(15)16-2/h3H,1,4-9H2,2H3. The second kappa shape index (κ2) is 8.83. The number of carbonyl (C=O) groups is 3. The first-order chi connectivity index (χ1) is 7.60. The molecule has 0 aliphatic carbocycles. The molecule has 0 spiro atoms. The zero-order chi connectivity index (χ0) is 12.4. The molecule has 0 fully saturated rings. The van der Waals surface area contributed by atoms with Gasteiger partial charge in [0.25, 0.3) is 0 Å². The van der Waals surface area contributed by atoms with E-state index in [9.17, 15) is 14.4 Å². The summed E-state index contributed by atoms with van der Waals surface area (Å²) in [6, 6.07) is 0. The molecular weight excluding hydrogens is 208 g/mol. The minimum atomic E-state index is -0.552. The molecule has 0 heterocycles. The van der Waals surface area contributed by atoms with Gasteiger partial charge in [0, 0.05) is 19.3 Å². The van der Waals surface area contributed by atoms with Gasteiger partial charge in [-0.1, -0.05) is 6.08 Å². The number of ether oxygens (including phenoxy) is 1. The molecule has 0 amide bonds. The third-order valence-electron chi connectivity index (χ3n) is 2.12. The molecule has 0 aromatic heterocycles. The van der Waals surface area contributed by atoms with Crippen LogP contribution in [-0.2, 0) is 19.1 Å². The van der Waals surface area contributed by atoms with Crippen molar-refractivity contribution in [1.82, 2.24) is 0 Å².